The summed E-state index contributed by atoms with van der Waals surface area (Å²) in [6.07, 6.45) is 10.6. The maximum Gasteiger partial charge on any atom is 0.323 e. The topological polar surface area (TPSA) is 80.9 Å². The Morgan fingerprint density at radius 3 is 2.48 bits per heavy atom. The first-order valence-corrected chi connectivity index (χ1v) is 18.1. The maximum absolute atomic E-state index is 13.8. The molecule has 3 heterocycles. The van der Waals surface area contributed by atoms with Gasteiger partial charge in [-0.1, -0.05) is 80.3 Å². The number of nitrogens with zero attached hydrogens (tertiary/aromatic N) is 4. The number of rotatable bonds is 14. The Balaban J connectivity index is 0.959. The zero-order valence-corrected chi connectivity index (χ0v) is 28.3. The van der Waals surface area contributed by atoms with E-state index in [1.54, 1.807) is 7.11 Å². The van der Waals surface area contributed by atoms with Crippen molar-refractivity contribution in [2.75, 3.05) is 39.8 Å². The van der Waals surface area contributed by atoms with Gasteiger partial charge in [-0.25, -0.2) is 4.63 Å². The van der Waals surface area contributed by atoms with Crippen LogP contribution in [0, 0.1) is 17.8 Å². The van der Waals surface area contributed by atoms with Crippen LogP contribution in [0.3, 0.4) is 0 Å². The van der Waals surface area contributed by atoms with E-state index in [0.717, 1.165) is 73.8 Å². The summed E-state index contributed by atoms with van der Waals surface area (Å²) in [6, 6.07) is 24.8. The highest BCUT2D eigenvalue weighted by Crippen LogP contribution is 2.39. The first-order valence-electron chi connectivity index (χ1n) is 18.1. The third kappa shape index (κ3) is 7.92. The Morgan fingerprint density at radius 1 is 0.917 bits per heavy atom. The second-order valence-electron chi connectivity index (χ2n) is 14.4. The normalized spacial score (nSPS) is 21.7. The first kappa shape index (κ1) is 32.8. The van der Waals surface area contributed by atoms with Gasteiger partial charge < -0.3 is 14.4 Å². The lowest BCUT2D eigenvalue weighted by molar-refractivity contribution is -0.152. The number of fused-ring (bicyclic) bond motifs is 1. The molecule has 0 radical (unpaired) electrons. The fourth-order valence-electron chi connectivity index (χ4n) is 8.27. The number of ether oxygens (including phenoxy) is 2. The molecule has 0 N–H and O–H groups in total. The molecule has 0 spiro atoms. The van der Waals surface area contributed by atoms with Crippen LogP contribution in [0.1, 0.15) is 74.0 Å². The van der Waals surface area contributed by atoms with Crippen molar-refractivity contribution < 1.29 is 18.9 Å². The van der Waals surface area contributed by atoms with Crippen molar-refractivity contribution in [2.24, 2.45) is 17.8 Å². The second kappa shape index (κ2) is 15.6. The van der Waals surface area contributed by atoms with Crippen molar-refractivity contribution in [3.05, 3.63) is 89.5 Å². The minimum Gasteiger partial charge on any atom is -0.497 e. The summed E-state index contributed by atoms with van der Waals surface area (Å²) in [4.78, 5) is 19.0. The average molecular weight is 651 g/mol. The van der Waals surface area contributed by atoms with Crippen molar-refractivity contribution in [1.29, 1.82) is 0 Å². The fourth-order valence-corrected chi connectivity index (χ4v) is 8.27. The van der Waals surface area contributed by atoms with Gasteiger partial charge in [0, 0.05) is 25.6 Å². The van der Waals surface area contributed by atoms with Crippen LogP contribution in [0.15, 0.2) is 77.4 Å². The SMILES string of the molecule is COc1ccc(COC(=O)[C@@H](CC2CCC2)N2C[C@H](CN3CCC(CCCc4cccc5nonc45)CC3)[C@@H](c3ccccc3)C2)cc1. The summed E-state index contributed by atoms with van der Waals surface area (Å²) in [6.45, 7) is 5.54. The van der Waals surface area contributed by atoms with Gasteiger partial charge >= 0.3 is 5.97 Å². The van der Waals surface area contributed by atoms with Crippen molar-refractivity contribution >= 4 is 17.0 Å². The van der Waals surface area contributed by atoms with Gasteiger partial charge in [0.25, 0.3) is 0 Å². The molecule has 3 fully saturated rings. The highest BCUT2D eigenvalue weighted by atomic mass is 16.6. The molecule has 1 aromatic heterocycles. The van der Waals surface area contributed by atoms with Crippen molar-refractivity contribution in [3.8, 4) is 5.75 Å². The minimum atomic E-state index is -0.186. The molecule has 2 aliphatic heterocycles. The lowest BCUT2D eigenvalue weighted by Gasteiger charge is -2.35. The number of hydrogen-bond acceptors (Lipinski definition) is 8. The maximum atomic E-state index is 13.8. The fraction of sp³-hybridized carbons (Fsp3) is 0.525. The third-order valence-electron chi connectivity index (χ3n) is 11.4. The molecule has 3 aromatic carbocycles. The van der Waals surface area contributed by atoms with Gasteiger partial charge in [-0.15, -0.1) is 0 Å². The van der Waals surface area contributed by atoms with Crippen LogP contribution in [-0.4, -0.2) is 72.0 Å². The standard InChI is InChI=1S/C40H50N4O4/c1-46-35-18-16-31(17-19-35)28-47-40(45)38(24-30-9-5-10-30)44-26-34(36(27-44)32-11-3-2-4-12-32)25-43-22-20-29(21-23-43)8-6-13-33-14-7-15-37-39(33)42-48-41-37/h2-4,7,11-12,14-19,29-30,34,36,38H,5-6,8-10,13,20-28H2,1H3/t34-,36+,38+/m0/s1. The van der Waals surface area contributed by atoms with Gasteiger partial charge in [0.2, 0.25) is 0 Å². The summed E-state index contributed by atoms with van der Waals surface area (Å²) in [7, 11) is 1.66. The van der Waals surface area contributed by atoms with E-state index in [0.29, 0.717) is 24.4 Å². The summed E-state index contributed by atoms with van der Waals surface area (Å²) < 4.78 is 16.3. The summed E-state index contributed by atoms with van der Waals surface area (Å²) in [5.41, 5.74) is 5.38. The van der Waals surface area contributed by atoms with Crippen LogP contribution in [0.4, 0.5) is 0 Å². The van der Waals surface area contributed by atoms with Crippen LogP contribution < -0.4 is 4.74 Å². The molecule has 0 bridgehead atoms. The van der Waals surface area contributed by atoms with E-state index < -0.39 is 0 Å². The summed E-state index contributed by atoms with van der Waals surface area (Å²) >= 11 is 0. The minimum absolute atomic E-state index is 0.0676. The zero-order chi connectivity index (χ0) is 32.7. The van der Waals surface area contributed by atoms with Crippen molar-refractivity contribution in [2.45, 2.75) is 76.4 Å². The Bertz CT molecular complexity index is 1600. The lowest BCUT2D eigenvalue weighted by Crippen LogP contribution is -2.44. The van der Waals surface area contributed by atoms with Crippen LogP contribution in [-0.2, 0) is 22.6 Å². The molecule has 4 aromatic rings. The van der Waals surface area contributed by atoms with Crippen LogP contribution in [0.2, 0.25) is 0 Å². The van der Waals surface area contributed by atoms with E-state index in [9.17, 15) is 4.79 Å². The summed E-state index contributed by atoms with van der Waals surface area (Å²) in [5, 5.41) is 8.12. The van der Waals surface area contributed by atoms with E-state index in [1.807, 2.05) is 36.4 Å². The molecule has 8 heteroatoms. The highest BCUT2D eigenvalue weighted by Gasteiger charge is 2.42. The molecule has 0 unspecified atom stereocenters. The Kier molecular flexibility index (Phi) is 10.7. The van der Waals surface area contributed by atoms with E-state index >= 15 is 0 Å². The van der Waals surface area contributed by atoms with Crippen molar-refractivity contribution in [1.82, 2.24) is 20.1 Å². The van der Waals surface area contributed by atoms with Crippen LogP contribution in [0.25, 0.3) is 11.0 Å². The molecule has 3 atom stereocenters. The monoisotopic (exact) mass is 650 g/mol. The molecule has 8 nitrogen and oxygen atoms in total. The number of piperidine rings is 1. The van der Waals surface area contributed by atoms with Crippen LogP contribution >= 0.6 is 0 Å². The number of likely N-dealkylation sites (tertiary alicyclic amines) is 2. The molecule has 3 aliphatic rings. The van der Waals surface area contributed by atoms with Gasteiger partial charge in [-0.05, 0) is 108 Å². The third-order valence-corrected chi connectivity index (χ3v) is 11.4. The first-order chi connectivity index (χ1) is 23.6. The number of methoxy groups -OCH3 is 1. The highest BCUT2D eigenvalue weighted by molar-refractivity contribution is 5.77. The largest absolute Gasteiger partial charge is 0.497 e. The molecule has 2 saturated heterocycles. The Labute approximate surface area is 284 Å². The van der Waals surface area contributed by atoms with E-state index in [1.165, 1.54) is 56.1 Å². The van der Waals surface area contributed by atoms with Crippen molar-refractivity contribution in [3.63, 3.8) is 0 Å². The Hall–Kier alpha value is -3.75. The van der Waals surface area contributed by atoms with Gasteiger partial charge in [0.05, 0.1) is 7.11 Å². The number of aromatic nitrogens is 2. The van der Waals surface area contributed by atoms with E-state index in [-0.39, 0.29) is 12.0 Å². The van der Waals surface area contributed by atoms with Gasteiger partial charge in [0.15, 0.2) is 0 Å². The summed E-state index contributed by atoms with van der Waals surface area (Å²) in [5.74, 6) is 3.03. The number of aryl methyl sites for hydroxylation is 1. The molecular weight excluding hydrogens is 600 g/mol. The van der Waals surface area contributed by atoms with Gasteiger partial charge in [0.1, 0.15) is 29.4 Å². The lowest BCUT2D eigenvalue weighted by atomic mass is 9.80. The average Bonchev–Trinajstić information content (AvgIpc) is 3.76. The number of carbonyl (C=O) groups is 1. The zero-order valence-electron chi connectivity index (χ0n) is 28.3. The quantitative estimate of drug-likeness (QED) is 0.132. The second-order valence-corrected chi connectivity index (χ2v) is 14.4. The molecule has 48 heavy (non-hydrogen) atoms. The number of carbonyl (C=O) groups excluding carboxylic acids is 1. The predicted molar refractivity (Wildman–Crippen MR) is 187 cm³/mol. The molecule has 254 valence electrons. The molecule has 7 rings (SSSR count). The van der Waals surface area contributed by atoms with Gasteiger partial charge in [-0.3, -0.25) is 9.69 Å². The number of hydrogen-bond donors (Lipinski definition) is 0. The molecule has 0 amide bonds. The molecule has 1 aliphatic carbocycles. The number of benzene rings is 3. The van der Waals surface area contributed by atoms with E-state index in [2.05, 4.69) is 56.5 Å². The van der Waals surface area contributed by atoms with Gasteiger partial charge in [-0.2, -0.15) is 0 Å². The molecule has 1 saturated carbocycles. The molecular formula is C40H50N4O4. The predicted octanol–water partition coefficient (Wildman–Crippen LogP) is 7.28. The van der Waals surface area contributed by atoms with Crippen LogP contribution in [0.5, 0.6) is 5.75 Å². The number of esters is 1. The van der Waals surface area contributed by atoms with E-state index in [4.69, 9.17) is 14.1 Å². The Morgan fingerprint density at radius 2 is 1.73 bits per heavy atom. The smallest absolute Gasteiger partial charge is 0.323 e.